The van der Waals surface area contributed by atoms with Crippen molar-refractivity contribution in [2.75, 3.05) is 60.1 Å². The van der Waals surface area contributed by atoms with E-state index in [0.29, 0.717) is 31.7 Å². The van der Waals surface area contributed by atoms with Gasteiger partial charge in [-0.05, 0) is 43.2 Å². The van der Waals surface area contributed by atoms with Gasteiger partial charge in [-0.3, -0.25) is 14.5 Å². The Hall–Kier alpha value is -3.26. The van der Waals surface area contributed by atoms with E-state index in [9.17, 15) is 9.59 Å². The van der Waals surface area contributed by atoms with Crippen molar-refractivity contribution in [3.63, 3.8) is 0 Å². The highest BCUT2D eigenvalue weighted by Gasteiger charge is 2.32. The van der Waals surface area contributed by atoms with Crippen LogP contribution in [0.15, 0.2) is 48.5 Å². The third-order valence-electron chi connectivity index (χ3n) is 6.87. The van der Waals surface area contributed by atoms with Crippen molar-refractivity contribution >= 4 is 11.8 Å². The molecule has 0 spiro atoms. The largest absolute Gasteiger partial charge is 0.497 e. The molecule has 2 aromatic rings. The van der Waals surface area contributed by atoms with Crippen molar-refractivity contribution in [2.45, 2.75) is 19.4 Å². The first kappa shape index (κ1) is 24.9. The highest BCUT2D eigenvalue weighted by molar-refractivity contribution is 5.81. The maximum absolute atomic E-state index is 13.1. The van der Waals surface area contributed by atoms with Gasteiger partial charge >= 0.3 is 0 Å². The summed E-state index contributed by atoms with van der Waals surface area (Å²) in [5, 5.41) is 0. The van der Waals surface area contributed by atoms with Crippen LogP contribution in [0.25, 0.3) is 0 Å². The van der Waals surface area contributed by atoms with Crippen LogP contribution in [0.1, 0.15) is 18.4 Å². The monoisotopic (exact) mass is 481 g/mol. The van der Waals surface area contributed by atoms with Gasteiger partial charge in [0, 0.05) is 57.3 Å². The van der Waals surface area contributed by atoms with E-state index in [1.54, 1.807) is 14.2 Å². The second-order valence-electron chi connectivity index (χ2n) is 9.04. The molecule has 0 radical (unpaired) electrons. The summed E-state index contributed by atoms with van der Waals surface area (Å²) >= 11 is 0. The summed E-state index contributed by atoms with van der Waals surface area (Å²) in [7, 11) is 3.34. The molecule has 8 heteroatoms. The van der Waals surface area contributed by atoms with Gasteiger partial charge in [0.15, 0.2) is 6.61 Å². The van der Waals surface area contributed by atoms with Crippen LogP contribution in [0.3, 0.4) is 0 Å². The number of rotatable bonds is 8. The van der Waals surface area contributed by atoms with Gasteiger partial charge in [0.1, 0.15) is 17.2 Å². The van der Waals surface area contributed by atoms with Crippen molar-refractivity contribution < 1.29 is 23.8 Å². The second-order valence-corrected chi connectivity index (χ2v) is 9.04. The summed E-state index contributed by atoms with van der Waals surface area (Å²) in [6.07, 6.45) is 1.41. The normalized spacial score (nSPS) is 17.2. The molecule has 0 bridgehead atoms. The number of benzene rings is 2. The fraction of sp³-hybridized carbons (Fsp3) is 0.481. The molecule has 2 saturated heterocycles. The molecule has 0 aromatic heterocycles. The number of likely N-dealkylation sites (tertiary alicyclic amines) is 1. The highest BCUT2D eigenvalue weighted by atomic mass is 16.5. The Morgan fingerprint density at radius 3 is 2.20 bits per heavy atom. The molecular weight excluding hydrogens is 446 g/mol. The number of hydrogen-bond acceptors (Lipinski definition) is 6. The third-order valence-corrected chi connectivity index (χ3v) is 6.87. The summed E-state index contributed by atoms with van der Waals surface area (Å²) in [6, 6.07) is 15.2. The van der Waals surface area contributed by atoms with Crippen molar-refractivity contribution in [3.8, 4) is 17.2 Å². The molecule has 8 nitrogen and oxygen atoms in total. The van der Waals surface area contributed by atoms with Crippen LogP contribution in [0.5, 0.6) is 17.2 Å². The first-order chi connectivity index (χ1) is 17.1. The van der Waals surface area contributed by atoms with E-state index in [2.05, 4.69) is 4.90 Å². The van der Waals surface area contributed by atoms with Gasteiger partial charge in [-0.25, -0.2) is 0 Å². The lowest BCUT2D eigenvalue weighted by atomic mass is 9.95. The van der Waals surface area contributed by atoms with Crippen LogP contribution in [-0.4, -0.2) is 86.6 Å². The minimum absolute atomic E-state index is 0.0147. The lowest BCUT2D eigenvalue weighted by Crippen LogP contribution is -2.51. The molecule has 4 rings (SSSR count). The average molecular weight is 482 g/mol. The zero-order chi connectivity index (χ0) is 24.6. The molecule has 35 heavy (non-hydrogen) atoms. The van der Waals surface area contributed by atoms with E-state index in [1.165, 1.54) is 0 Å². The topological polar surface area (TPSA) is 71.6 Å². The van der Waals surface area contributed by atoms with E-state index in [0.717, 1.165) is 49.8 Å². The maximum atomic E-state index is 13.1. The number of nitrogens with zero attached hydrogens (tertiary/aromatic N) is 3. The fourth-order valence-corrected chi connectivity index (χ4v) is 4.76. The summed E-state index contributed by atoms with van der Waals surface area (Å²) < 4.78 is 16.4. The first-order valence-electron chi connectivity index (χ1n) is 12.2. The molecule has 0 aliphatic carbocycles. The summed E-state index contributed by atoms with van der Waals surface area (Å²) in [4.78, 5) is 31.8. The van der Waals surface area contributed by atoms with E-state index in [4.69, 9.17) is 14.2 Å². The summed E-state index contributed by atoms with van der Waals surface area (Å²) in [5.74, 6) is 2.53. The van der Waals surface area contributed by atoms with E-state index >= 15 is 0 Å². The quantitative estimate of drug-likeness (QED) is 0.577. The molecule has 2 aromatic carbocycles. The van der Waals surface area contributed by atoms with Crippen LogP contribution >= 0.6 is 0 Å². The number of amides is 2. The summed E-state index contributed by atoms with van der Waals surface area (Å²) in [5.41, 5.74) is 1.08. The lowest BCUT2D eigenvalue weighted by molar-refractivity contribution is -0.142. The first-order valence-corrected chi connectivity index (χ1v) is 12.2. The number of ether oxygens (including phenoxy) is 3. The average Bonchev–Trinajstić information content (AvgIpc) is 2.92. The van der Waals surface area contributed by atoms with Crippen molar-refractivity contribution in [1.29, 1.82) is 0 Å². The molecule has 0 N–H and O–H groups in total. The van der Waals surface area contributed by atoms with Gasteiger partial charge in [-0.2, -0.15) is 0 Å². The molecule has 2 aliphatic rings. The molecule has 2 aliphatic heterocycles. The number of piperazine rings is 1. The number of piperidine rings is 1. The lowest BCUT2D eigenvalue weighted by Gasteiger charge is -2.38. The maximum Gasteiger partial charge on any atom is 0.260 e. The van der Waals surface area contributed by atoms with Gasteiger partial charge in [-0.15, -0.1) is 0 Å². The summed E-state index contributed by atoms with van der Waals surface area (Å²) in [6.45, 7) is 5.06. The van der Waals surface area contributed by atoms with Crippen LogP contribution in [-0.2, 0) is 16.1 Å². The number of hydrogen-bond donors (Lipinski definition) is 0. The predicted molar refractivity (Wildman–Crippen MR) is 133 cm³/mol. The van der Waals surface area contributed by atoms with Crippen LogP contribution in [0.2, 0.25) is 0 Å². The Kier molecular flexibility index (Phi) is 8.47. The molecular formula is C27H35N3O5. The third kappa shape index (κ3) is 6.45. The number of methoxy groups -OCH3 is 2. The Morgan fingerprint density at radius 1 is 0.829 bits per heavy atom. The van der Waals surface area contributed by atoms with Crippen LogP contribution < -0.4 is 14.2 Å². The minimum Gasteiger partial charge on any atom is -0.497 e. The predicted octanol–water partition coefficient (Wildman–Crippen LogP) is 2.67. The number of carbonyl (C=O) groups is 2. The fourth-order valence-electron chi connectivity index (χ4n) is 4.76. The highest BCUT2D eigenvalue weighted by Crippen LogP contribution is 2.26. The Balaban J connectivity index is 1.20. The molecule has 0 unspecified atom stereocenters. The van der Waals surface area contributed by atoms with Crippen LogP contribution in [0, 0.1) is 5.92 Å². The SMILES string of the molecule is COc1ccc(OC)c(CN2CCN(C(=O)C3CCN(C(=O)COc4ccccc4)CC3)CC2)c1. The van der Waals surface area contributed by atoms with Gasteiger partial charge in [0.2, 0.25) is 5.91 Å². The molecule has 188 valence electrons. The van der Waals surface area contributed by atoms with E-state index in [-0.39, 0.29) is 24.3 Å². The van der Waals surface area contributed by atoms with Crippen molar-refractivity contribution in [1.82, 2.24) is 14.7 Å². The van der Waals surface area contributed by atoms with Gasteiger partial charge in [-0.1, -0.05) is 18.2 Å². The minimum atomic E-state index is -0.0265. The molecule has 2 amide bonds. The van der Waals surface area contributed by atoms with Crippen molar-refractivity contribution in [3.05, 3.63) is 54.1 Å². The van der Waals surface area contributed by atoms with Gasteiger partial charge in [0.25, 0.3) is 5.91 Å². The Bertz CT molecular complexity index is 984. The van der Waals surface area contributed by atoms with E-state index in [1.807, 2.05) is 58.3 Å². The van der Waals surface area contributed by atoms with Crippen molar-refractivity contribution in [2.24, 2.45) is 5.92 Å². The zero-order valence-corrected chi connectivity index (χ0v) is 20.7. The Morgan fingerprint density at radius 2 is 1.54 bits per heavy atom. The number of para-hydroxylation sites is 1. The standard InChI is InChI=1S/C27H35N3O5/c1-33-24-8-9-25(34-2)22(18-24)19-28-14-16-30(17-15-28)27(32)21-10-12-29(13-11-21)26(31)20-35-23-6-4-3-5-7-23/h3-9,18,21H,10-17,19-20H2,1-2H3. The van der Waals surface area contributed by atoms with E-state index < -0.39 is 0 Å². The molecule has 0 saturated carbocycles. The molecule has 0 atom stereocenters. The second kappa shape index (κ2) is 11.9. The zero-order valence-electron chi connectivity index (χ0n) is 20.7. The van der Waals surface area contributed by atoms with Gasteiger partial charge < -0.3 is 24.0 Å². The molecule has 2 heterocycles. The Labute approximate surface area is 207 Å². The smallest absolute Gasteiger partial charge is 0.260 e. The van der Waals surface area contributed by atoms with Crippen LogP contribution in [0.4, 0.5) is 0 Å². The van der Waals surface area contributed by atoms with Gasteiger partial charge in [0.05, 0.1) is 14.2 Å². The molecule has 2 fully saturated rings. The number of carbonyl (C=O) groups excluding carboxylic acids is 2.